The van der Waals surface area contributed by atoms with Gasteiger partial charge >= 0.3 is 0 Å². The monoisotopic (exact) mass is 244 g/mol. The predicted octanol–water partition coefficient (Wildman–Crippen LogP) is 2.62. The molecule has 1 aromatic carbocycles. The average Bonchev–Trinajstić information content (AvgIpc) is 2.67. The molecular formula is C15H20N2O. The summed E-state index contributed by atoms with van der Waals surface area (Å²) in [5, 5.41) is 1.31. The molecule has 1 atom stereocenters. The first-order valence-corrected chi connectivity index (χ1v) is 6.73. The third-order valence-electron chi connectivity index (χ3n) is 3.97. The lowest BCUT2D eigenvalue weighted by Gasteiger charge is -2.26. The second-order valence-corrected chi connectivity index (χ2v) is 5.01. The Labute approximate surface area is 108 Å². The van der Waals surface area contributed by atoms with Crippen LogP contribution in [0.25, 0.3) is 10.9 Å². The van der Waals surface area contributed by atoms with Gasteiger partial charge in [0.25, 0.3) is 0 Å². The Kier molecular flexibility index (Phi) is 2.78. The smallest absolute Gasteiger partial charge is 0.144 e. The fraction of sp³-hybridized carbons (Fsp3) is 0.467. The summed E-state index contributed by atoms with van der Waals surface area (Å²) in [4.78, 5) is 0. The Bertz CT molecular complexity index is 586. The van der Waals surface area contributed by atoms with Crippen molar-refractivity contribution in [1.82, 2.24) is 4.57 Å². The molecule has 2 aromatic rings. The SMILES string of the molecule is CCC1Cn2c(C)c(CCN)c3cccc(c32)O1. The third-order valence-corrected chi connectivity index (χ3v) is 3.97. The van der Waals surface area contributed by atoms with Gasteiger partial charge < -0.3 is 15.0 Å². The van der Waals surface area contributed by atoms with Gasteiger partial charge in [-0.15, -0.1) is 0 Å². The molecule has 0 bridgehead atoms. The van der Waals surface area contributed by atoms with Crippen LogP contribution in [0.1, 0.15) is 24.6 Å². The maximum absolute atomic E-state index is 6.05. The minimum Gasteiger partial charge on any atom is -0.486 e. The summed E-state index contributed by atoms with van der Waals surface area (Å²) < 4.78 is 8.46. The number of hydrogen-bond acceptors (Lipinski definition) is 2. The van der Waals surface area contributed by atoms with Crippen LogP contribution in [-0.2, 0) is 13.0 Å². The molecule has 0 radical (unpaired) electrons. The second kappa shape index (κ2) is 4.32. The molecule has 2 heterocycles. The largest absolute Gasteiger partial charge is 0.486 e. The van der Waals surface area contributed by atoms with Crippen molar-refractivity contribution in [1.29, 1.82) is 0 Å². The zero-order valence-corrected chi connectivity index (χ0v) is 11.1. The molecule has 3 heteroatoms. The Hall–Kier alpha value is -1.48. The zero-order valence-electron chi connectivity index (χ0n) is 11.1. The van der Waals surface area contributed by atoms with Crippen molar-refractivity contribution < 1.29 is 4.74 Å². The maximum Gasteiger partial charge on any atom is 0.144 e. The number of benzene rings is 1. The van der Waals surface area contributed by atoms with E-state index in [1.165, 1.54) is 22.2 Å². The van der Waals surface area contributed by atoms with E-state index in [9.17, 15) is 0 Å². The van der Waals surface area contributed by atoms with Crippen LogP contribution in [-0.4, -0.2) is 17.2 Å². The van der Waals surface area contributed by atoms with Gasteiger partial charge in [0.2, 0.25) is 0 Å². The molecule has 3 rings (SSSR count). The van der Waals surface area contributed by atoms with Crippen molar-refractivity contribution in [3.8, 4) is 5.75 Å². The van der Waals surface area contributed by atoms with E-state index in [4.69, 9.17) is 10.5 Å². The average molecular weight is 244 g/mol. The molecule has 0 aliphatic carbocycles. The first-order valence-electron chi connectivity index (χ1n) is 6.73. The first-order chi connectivity index (χ1) is 8.76. The molecule has 0 saturated carbocycles. The normalized spacial score (nSPS) is 18.1. The molecule has 0 saturated heterocycles. The van der Waals surface area contributed by atoms with E-state index in [1.54, 1.807) is 0 Å². The van der Waals surface area contributed by atoms with Gasteiger partial charge in [-0.1, -0.05) is 19.1 Å². The van der Waals surface area contributed by atoms with Crippen LogP contribution in [0.15, 0.2) is 18.2 Å². The summed E-state index contributed by atoms with van der Waals surface area (Å²) in [6, 6.07) is 6.34. The predicted molar refractivity (Wildman–Crippen MR) is 74.1 cm³/mol. The molecule has 3 nitrogen and oxygen atoms in total. The van der Waals surface area contributed by atoms with Gasteiger partial charge in [0.15, 0.2) is 0 Å². The van der Waals surface area contributed by atoms with Crippen LogP contribution in [0.4, 0.5) is 0 Å². The standard InChI is InChI=1S/C15H20N2O/c1-3-11-9-17-10(2)12(7-8-16)13-5-4-6-14(18-11)15(13)17/h4-6,11H,3,7-9,16H2,1-2H3. The van der Waals surface area contributed by atoms with Crippen molar-refractivity contribution in [3.05, 3.63) is 29.5 Å². The van der Waals surface area contributed by atoms with E-state index in [1.807, 2.05) is 0 Å². The molecule has 1 aliphatic heterocycles. The van der Waals surface area contributed by atoms with Gasteiger partial charge in [0.05, 0.1) is 12.1 Å². The highest BCUT2D eigenvalue weighted by molar-refractivity contribution is 5.91. The Morgan fingerprint density at radius 1 is 1.44 bits per heavy atom. The summed E-state index contributed by atoms with van der Waals surface area (Å²) in [6.07, 6.45) is 2.27. The summed E-state index contributed by atoms with van der Waals surface area (Å²) >= 11 is 0. The number of nitrogens with two attached hydrogens (primary N) is 1. The molecule has 2 N–H and O–H groups in total. The molecular weight excluding hydrogens is 224 g/mol. The lowest BCUT2D eigenvalue weighted by molar-refractivity contribution is 0.166. The van der Waals surface area contributed by atoms with Gasteiger partial charge in [0, 0.05) is 11.1 Å². The Balaban J connectivity index is 2.25. The van der Waals surface area contributed by atoms with Crippen LogP contribution in [0, 0.1) is 6.92 Å². The van der Waals surface area contributed by atoms with Gasteiger partial charge in [-0.05, 0) is 37.9 Å². The van der Waals surface area contributed by atoms with Crippen molar-refractivity contribution >= 4 is 10.9 Å². The summed E-state index contributed by atoms with van der Waals surface area (Å²) in [6.45, 7) is 6.03. The number of aromatic nitrogens is 1. The van der Waals surface area contributed by atoms with Gasteiger partial charge in [-0.2, -0.15) is 0 Å². The van der Waals surface area contributed by atoms with E-state index in [0.717, 1.165) is 25.1 Å². The minimum absolute atomic E-state index is 0.292. The molecule has 1 aromatic heterocycles. The third kappa shape index (κ3) is 1.54. The minimum atomic E-state index is 0.292. The van der Waals surface area contributed by atoms with Gasteiger partial charge in [-0.25, -0.2) is 0 Å². The number of nitrogens with zero attached hydrogens (tertiary/aromatic N) is 1. The van der Waals surface area contributed by atoms with Crippen molar-refractivity contribution in [2.45, 2.75) is 39.3 Å². The van der Waals surface area contributed by atoms with Crippen LogP contribution in [0.3, 0.4) is 0 Å². The second-order valence-electron chi connectivity index (χ2n) is 5.01. The molecule has 1 unspecified atom stereocenters. The zero-order chi connectivity index (χ0) is 12.7. The number of hydrogen-bond donors (Lipinski definition) is 1. The van der Waals surface area contributed by atoms with Crippen LogP contribution in [0.5, 0.6) is 5.75 Å². The van der Waals surface area contributed by atoms with Crippen LogP contribution in [0.2, 0.25) is 0 Å². The first kappa shape index (κ1) is 11.6. The summed E-state index contributed by atoms with van der Waals surface area (Å²) in [5.41, 5.74) is 9.73. The van der Waals surface area contributed by atoms with E-state index in [2.05, 4.69) is 36.6 Å². The van der Waals surface area contributed by atoms with Gasteiger partial charge in [0.1, 0.15) is 11.9 Å². The van der Waals surface area contributed by atoms with Crippen molar-refractivity contribution in [2.24, 2.45) is 5.73 Å². The molecule has 0 amide bonds. The Morgan fingerprint density at radius 2 is 2.28 bits per heavy atom. The lowest BCUT2D eigenvalue weighted by atomic mass is 10.1. The summed E-state index contributed by atoms with van der Waals surface area (Å²) in [7, 11) is 0. The van der Waals surface area contributed by atoms with Crippen LogP contribution >= 0.6 is 0 Å². The quantitative estimate of drug-likeness (QED) is 0.901. The van der Waals surface area contributed by atoms with Gasteiger partial charge in [-0.3, -0.25) is 0 Å². The van der Waals surface area contributed by atoms with Crippen molar-refractivity contribution in [3.63, 3.8) is 0 Å². The molecule has 0 fully saturated rings. The van der Waals surface area contributed by atoms with E-state index in [0.29, 0.717) is 12.6 Å². The molecule has 1 aliphatic rings. The maximum atomic E-state index is 6.05. The molecule has 96 valence electrons. The lowest BCUT2D eigenvalue weighted by Crippen LogP contribution is -2.26. The van der Waals surface area contributed by atoms with E-state index >= 15 is 0 Å². The van der Waals surface area contributed by atoms with E-state index < -0.39 is 0 Å². The Morgan fingerprint density at radius 3 is 3.00 bits per heavy atom. The highest BCUT2D eigenvalue weighted by Crippen LogP contribution is 2.36. The molecule has 18 heavy (non-hydrogen) atoms. The van der Waals surface area contributed by atoms with E-state index in [-0.39, 0.29) is 0 Å². The number of ether oxygens (including phenoxy) is 1. The molecule has 0 spiro atoms. The highest BCUT2D eigenvalue weighted by Gasteiger charge is 2.24. The highest BCUT2D eigenvalue weighted by atomic mass is 16.5. The van der Waals surface area contributed by atoms with Crippen LogP contribution < -0.4 is 10.5 Å². The summed E-state index contributed by atoms with van der Waals surface area (Å²) in [5.74, 6) is 1.02. The van der Waals surface area contributed by atoms with Crippen molar-refractivity contribution in [2.75, 3.05) is 6.54 Å². The number of para-hydroxylation sites is 1. The fourth-order valence-corrected chi connectivity index (χ4v) is 2.99. The topological polar surface area (TPSA) is 40.2 Å². The fourth-order valence-electron chi connectivity index (χ4n) is 2.99. The number of rotatable bonds is 3.